The SMILES string of the molecule is Cc1c(C(=O)CN2C3CCC2[C@@H](O)C3)cc(-c2csc(C(F)(F)F)n2)n1-c1ccc(C#N)cc1. The molecule has 2 bridgehead atoms. The fourth-order valence-electron chi connectivity index (χ4n) is 5.18. The van der Waals surface area contributed by atoms with Gasteiger partial charge in [0.15, 0.2) is 10.8 Å². The van der Waals surface area contributed by atoms with E-state index in [2.05, 4.69) is 9.88 Å². The summed E-state index contributed by atoms with van der Waals surface area (Å²) < 4.78 is 41.3. The van der Waals surface area contributed by atoms with Crippen molar-refractivity contribution in [3.63, 3.8) is 0 Å². The number of rotatable bonds is 5. The lowest BCUT2D eigenvalue weighted by atomic mass is 9.98. The molecule has 2 aliphatic heterocycles. The summed E-state index contributed by atoms with van der Waals surface area (Å²) in [5.41, 5.74) is 2.55. The second kappa shape index (κ2) is 8.34. The molecule has 0 saturated carbocycles. The van der Waals surface area contributed by atoms with E-state index in [4.69, 9.17) is 5.26 Å². The Labute approximate surface area is 197 Å². The third-order valence-corrected chi connectivity index (χ3v) is 7.67. The van der Waals surface area contributed by atoms with Crippen LogP contribution in [0, 0.1) is 18.3 Å². The zero-order valence-electron chi connectivity index (χ0n) is 18.2. The number of hydrogen-bond donors (Lipinski definition) is 1. The Hall–Kier alpha value is -3.00. The lowest BCUT2D eigenvalue weighted by molar-refractivity contribution is -0.137. The van der Waals surface area contributed by atoms with Gasteiger partial charge in [0, 0.05) is 34.4 Å². The van der Waals surface area contributed by atoms with Crippen LogP contribution in [0.2, 0.25) is 0 Å². The van der Waals surface area contributed by atoms with Gasteiger partial charge in [0.05, 0.1) is 35.7 Å². The molecule has 6 nitrogen and oxygen atoms in total. The number of aromatic nitrogens is 2. The van der Waals surface area contributed by atoms with Crippen molar-refractivity contribution in [2.45, 2.75) is 50.6 Å². The average molecular weight is 487 g/mol. The smallest absolute Gasteiger partial charge is 0.391 e. The molecule has 2 aliphatic rings. The predicted molar refractivity (Wildman–Crippen MR) is 120 cm³/mol. The van der Waals surface area contributed by atoms with Gasteiger partial charge >= 0.3 is 6.18 Å². The number of carbonyl (C=O) groups excluding carboxylic acids is 1. The van der Waals surface area contributed by atoms with Crippen LogP contribution >= 0.6 is 11.3 Å². The van der Waals surface area contributed by atoms with Gasteiger partial charge in [0.1, 0.15) is 0 Å². The first-order valence-electron chi connectivity index (χ1n) is 10.9. The number of carbonyl (C=O) groups is 1. The molecule has 0 spiro atoms. The van der Waals surface area contributed by atoms with Gasteiger partial charge in [0.25, 0.3) is 0 Å². The minimum Gasteiger partial charge on any atom is -0.391 e. The van der Waals surface area contributed by atoms with E-state index in [-0.39, 0.29) is 30.1 Å². The number of fused-ring (bicyclic) bond motifs is 2. The van der Waals surface area contributed by atoms with Crippen molar-refractivity contribution in [1.29, 1.82) is 5.26 Å². The van der Waals surface area contributed by atoms with Crippen LogP contribution in [0.4, 0.5) is 13.2 Å². The summed E-state index contributed by atoms with van der Waals surface area (Å²) in [6.45, 7) is 1.90. The number of nitrogens with zero attached hydrogens (tertiary/aromatic N) is 4. The number of hydrogen-bond acceptors (Lipinski definition) is 6. The molecule has 2 fully saturated rings. The molecule has 4 heterocycles. The minimum absolute atomic E-state index is 0.0257. The van der Waals surface area contributed by atoms with Gasteiger partial charge in [-0.1, -0.05) is 0 Å². The van der Waals surface area contributed by atoms with Gasteiger partial charge in [-0.2, -0.15) is 18.4 Å². The molecule has 34 heavy (non-hydrogen) atoms. The monoisotopic (exact) mass is 486 g/mol. The number of benzene rings is 1. The van der Waals surface area contributed by atoms with Crippen LogP contribution in [0.1, 0.15) is 45.9 Å². The number of aliphatic hydroxyl groups excluding tert-OH is 1. The van der Waals surface area contributed by atoms with E-state index in [9.17, 15) is 23.1 Å². The third-order valence-electron chi connectivity index (χ3n) is 6.79. The summed E-state index contributed by atoms with van der Waals surface area (Å²) in [7, 11) is 0. The van der Waals surface area contributed by atoms with E-state index >= 15 is 0 Å². The predicted octanol–water partition coefficient (Wildman–Crippen LogP) is 4.58. The second-order valence-corrected chi connectivity index (χ2v) is 9.61. The molecule has 0 amide bonds. The van der Waals surface area contributed by atoms with Crippen molar-refractivity contribution in [2.75, 3.05) is 6.54 Å². The summed E-state index contributed by atoms with van der Waals surface area (Å²) in [5.74, 6) is -0.150. The van der Waals surface area contributed by atoms with Crippen LogP contribution in [0.5, 0.6) is 0 Å². The van der Waals surface area contributed by atoms with Crippen molar-refractivity contribution in [2.24, 2.45) is 0 Å². The number of halogens is 3. The molecule has 1 aromatic carbocycles. The van der Waals surface area contributed by atoms with E-state index in [0.29, 0.717) is 46.0 Å². The third kappa shape index (κ3) is 3.83. The van der Waals surface area contributed by atoms with Crippen molar-refractivity contribution >= 4 is 17.1 Å². The lowest BCUT2D eigenvalue weighted by Gasteiger charge is -2.21. The summed E-state index contributed by atoms with van der Waals surface area (Å²) >= 11 is 0.507. The Morgan fingerprint density at radius 3 is 2.59 bits per heavy atom. The van der Waals surface area contributed by atoms with Crippen LogP contribution in [-0.4, -0.2) is 50.1 Å². The molecule has 2 unspecified atom stereocenters. The van der Waals surface area contributed by atoms with Crippen LogP contribution in [0.3, 0.4) is 0 Å². The zero-order chi connectivity index (χ0) is 24.2. The number of Topliss-reactive ketones (excluding diaryl/α,β-unsaturated/α-hetero) is 1. The van der Waals surface area contributed by atoms with Gasteiger partial charge in [-0.25, -0.2) is 4.98 Å². The van der Waals surface area contributed by atoms with E-state index < -0.39 is 17.3 Å². The molecule has 0 aliphatic carbocycles. The molecular weight excluding hydrogens is 465 g/mol. The summed E-state index contributed by atoms with van der Waals surface area (Å²) in [5, 5.41) is 19.7. The average Bonchev–Trinajstić information content (AvgIpc) is 3.56. The maximum atomic E-state index is 13.4. The second-order valence-electron chi connectivity index (χ2n) is 8.76. The highest BCUT2D eigenvalue weighted by Crippen LogP contribution is 2.39. The van der Waals surface area contributed by atoms with Crippen molar-refractivity contribution in [1.82, 2.24) is 14.5 Å². The molecule has 0 radical (unpaired) electrons. The van der Waals surface area contributed by atoms with E-state index in [1.807, 2.05) is 6.07 Å². The normalized spacial score (nSPS) is 22.3. The highest BCUT2D eigenvalue weighted by atomic mass is 32.1. The number of ketones is 1. The van der Waals surface area contributed by atoms with E-state index in [1.165, 1.54) is 5.38 Å². The quantitative estimate of drug-likeness (QED) is 0.534. The van der Waals surface area contributed by atoms with Gasteiger partial charge in [-0.3, -0.25) is 9.69 Å². The Balaban J connectivity index is 1.56. The molecule has 5 rings (SSSR count). The van der Waals surface area contributed by atoms with Crippen LogP contribution in [0.25, 0.3) is 17.1 Å². The fraction of sp³-hybridized carbons (Fsp3) is 0.375. The first-order chi connectivity index (χ1) is 16.2. The molecule has 2 aromatic heterocycles. The summed E-state index contributed by atoms with van der Waals surface area (Å²) in [4.78, 5) is 19.2. The molecule has 3 atom stereocenters. The number of nitriles is 1. The van der Waals surface area contributed by atoms with Crippen molar-refractivity contribution in [3.8, 4) is 23.1 Å². The van der Waals surface area contributed by atoms with Gasteiger partial charge in [-0.05, 0) is 56.5 Å². The Bertz CT molecular complexity index is 1290. The maximum Gasteiger partial charge on any atom is 0.443 e. The topological polar surface area (TPSA) is 82.2 Å². The van der Waals surface area contributed by atoms with Gasteiger partial charge in [-0.15, -0.1) is 11.3 Å². The molecule has 10 heteroatoms. The zero-order valence-corrected chi connectivity index (χ0v) is 19.0. The van der Waals surface area contributed by atoms with Gasteiger partial charge in [0.2, 0.25) is 0 Å². The Morgan fingerprint density at radius 2 is 2.03 bits per heavy atom. The molecule has 3 aromatic rings. The first-order valence-corrected chi connectivity index (χ1v) is 11.8. The Morgan fingerprint density at radius 1 is 1.29 bits per heavy atom. The lowest BCUT2D eigenvalue weighted by Crippen LogP contribution is -2.36. The minimum atomic E-state index is -4.56. The van der Waals surface area contributed by atoms with E-state index in [0.717, 1.165) is 12.8 Å². The number of alkyl halides is 3. The fourth-order valence-corrected chi connectivity index (χ4v) is 5.86. The van der Waals surface area contributed by atoms with Crippen LogP contribution < -0.4 is 0 Å². The van der Waals surface area contributed by atoms with Crippen LogP contribution in [-0.2, 0) is 6.18 Å². The standard InChI is InChI=1S/C24H21F3N4O2S/c1-13-17(22(33)11-30-16-6-7-19(30)21(32)8-16)9-20(18-12-34-23(29-18)24(25,26)27)31(13)15-4-2-14(10-28)3-5-15/h2-5,9,12,16,19,21,32H,6-8,11H2,1H3/t16?,19?,21-/m0/s1. The first kappa shape index (κ1) is 22.8. The Kier molecular flexibility index (Phi) is 5.59. The summed E-state index contributed by atoms with van der Waals surface area (Å²) in [6.07, 6.45) is -2.52. The van der Waals surface area contributed by atoms with E-state index in [1.54, 1.807) is 41.8 Å². The molecule has 1 N–H and O–H groups in total. The van der Waals surface area contributed by atoms with Crippen molar-refractivity contribution < 1.29 is 23.1 Å². The summed E-state index contributed by atoms with van der Waals surface area (Å²) in [6, 6.07) is 10.4. The molecule has 2 saturated heterocycles. The number of aliphatic hydroxyl groups is 1. The maximum absolute atomic E-state index is 13.4. The highest BCUT2D eigenvalue weighted by Gasteiger charge is 2.46. The van der Waals surface area contributed by atoms with Crippen LogP contribution in [0.15, 0.2) is 35.7 Å². The largest absolute Gasteiger partial charge is 0.443 e. The van der Waals surface area contributed by atoms with Gasteiger partial charge < -0.3 is 9.67 Å². The number of thiazole rings is 1. The molecule has 176 valence electrons. The molecular formula is C24H21F3N4O2S. The van der Waals surface area contributed by atoms with Crippen molar-refractivity contribution in [3.05, 3.63) is 57.5 Å². The highest BCUT2D eigenvalue weighted by molar-refractivity contribution is 7.10.